The number of amides is 2. The molecule has 2 aromatic rings. The predicted molar refractivity (Wildman–Crippen MR) is 180 cm³/mol. The quantitative estimate of drug-likeness (QED) is 0.365. The number of hydrogen-bond acceptors (Lipinski definition) is 10. The van der Waals surface area contributed by atoms with Crippen LogP contribution in [0.3, 0.4) is 0 Å². The average Bonchev–Trinajstić information content (AvgIpc) is 2.88. The lowest BCUT2D eigenvalue weighted by Crippen LogP contribution is -2.42. The van der Waals surface area contributed by atoms with E-state index in [0.29, 0.717) is 5.69 Å². The summed E-state index contributed by atoms with van der Waals surface area (Å²) in [5.41, 5.74) is 12.5. The van der Waals surface area contributed by atoms with Gasteiger partial charge in [0.1, 0.15) is 0 Å². The number of nitrogens with two attached hydrogens (primary N) is 2. The lowest BCUT2D eigenvalue weighted by Gasteiger charge is -2.31. The summed E-state index contributed by atoms with van der Waals surface area (Å²) in [5.74, 6) is -0.583. The molecule has 2 amide bonds. The monoisotopic (exact) mass is 668 g/mol. The van der Waals surface area contributed by atoms with Crippen LogP contribution >= 0.6 is 0 Å². The lowest BCUT2D eigenvalue weighted by molar-refractivity contribution is 0.0629. The van der Waals surface area contributed by atoms with Crippen LogP contribution in [0, 0.1) is 6.92 Å². The van der Waals surface area contributed by atoms with E-state index in [9.17, 15) is 26.4 Å². The first-order valence-corrected chi connectivity index (χ1v) is 18.2. The molecule has 0 fully saturated rings. The first-order chi connectivity index (χ1) is 20.4. The Labute approximate surface area is 269 Å². The third kappa shape index (κ3) is 9.15. The topological polar surface area (TPSA) is 187 Å². The third-order valence-electron chi connectivity index (χ3n) is 7.06. The average molecular weight is 669 g/mol. The van der Waals surface area contributed by atoms with Crippen molar-refractivity contribution in [2.45, 2.75) is 134 Å². The number of sulfone groups is 2. The summed E-state index contributed by atoms with van der Waals surface area (Å²) in [6.45, 7) is 23.3. The van der Waals surface area contributed by atoms with Crippen LogP contribution in [0.1, 0.15) is 110 Å². The number of aromatic nitrogens is 2. The van der Waals surface area contributed by atoms with E-state index in [4.69, 9.17) is 11.5 Å². The molecule has 0 saturated heterocycles. The molecule has 0 radical (unpaired) electrons. The summed E-state index contributed by atoms with van der Waals surface area (Å²) < 4.78 is 48.9. The van der Waals surface area contributed by atoms with Crippen molar-refractivity contribution in [1.29, 1.82) is 0 Å². The van der Waals surface area contributed by atoms with Crippen molar-refractivity contribution in [3.05, 3.63) is 35.4 Å². The second-order valence-corrected chi connectivity index (χ2v) is 17.6. The minimum absolute atomic E-state index is 0.00669. The van der Waals surface area contributed by atoms with Gasteiger partial charge in [0.05, 0.1) is 37.4 Å². The summed E-state index contributed by atoms with van der Waals surface area (Å²) in [6.07, 6.45) is 1.21. The van der Waals surface area contributed by atoms with Gasteiger partial charge in [0.2, 0.25) is 0 Å². The van der Waals surface area contributed by atoms with Crippen molar-refractivity contribution in [2.75, 3.05) is 11.5 Å². The molecule has 0 saturated carbocycles. The Bertz CT molecular complexity index is 1570. The molecule has 2 heterocycles. The maximum Gasteiger partial charge on any atom is 0.275 e. The van der Waals surface area contributed by atoms with Gasteiger partial charge in [0.15, 0.2) is 31.1 Å². The van der Waals surface area contributed by atoms with Gasteiger partial charge >= 0.3 is 0 Å². The molecular formula is C31H52N6O6S2. The second kappa shape index (κ2) is 15.4. The molecule has 254 valence electrons. The van der Waals surface area contributed by atoms with E-state index in [1.807, 2.05) is 55.4 Å². The van der Waals surface area contributed by atoms with Crippen molar-refractivity contribution in [3.63, 3.8) is 0 Å². The zero-order valence-electron chi connectivity index (χ0n) is 28.9. The van der Waals surface area contributed by atoms with E-state index < -0.39 is 30.2 Å². The highest BCUT2D eigenvalue weighted by Crippen LogP contribution is 2.25. The summed E-state index contributed by atoms with van der Waals surface area (Å²) in [5, 5.41) is -1.15. The zero-order valence-corrected chi connectivity index (χ0v) is 30.5. The van der Waals surface area contributed by atoms with Crippen molar-refractivity contribution in [3.8, 4) is 0 Å². The van der Waals surface area contributed by atoms with Crippen LogP contribution < -0.4 is 11.5 Å². The molecule has 0 aliphatic carbocycles. The van der Waals surface area contributed by atoms with Gasteiger partial charge in [-0.05, 0) is 102 Å². The van der Waals surface area contributed by atoms with E-state index in [-0.39, 0.29) is 68.5 Å². The largest absolute Gasteiger partial charge is 0.397 e. The van der Waals surface area contributed by atoms with Crippen molar-refractivity contribution in [1.82, 2.24) is 19.8 Å². The van der Waals surface area contributed by atoms with E-state index in [0.717, 1.165) is 0 Å². The highest BCUT2D eigenvalue weighted by Gasteiger charge is 2.29. The van der Waals surface area contributed by atoms with E-state index in [1.54, 1.807) is 44.4 Å². The number of carbonyl (C=O) groups is 2. The van der Waals surface area contributed by atoms with E-state index in [1.165, 1.54) is 18.3 Å². The van der Waals surface area contributed by atoms with Crippen molar-refractivity contribution < 1.29 is 26.4 Å². The minimum atomic E-state index is -3.49. The number of nitrogens with zero attached hydrogens (tertiary/aromatic N) is 4. The van der Waals surface area contributed by atoms with E-state index >= 15 is 0 Å². The number of anilines is 2. The van der Waals surface area contributed by atoms with Crippen LogP contribution in [0.15, 0.2) is 28.1 Å². The molecule has 0 aliphatic rings. The molecule has 45 heavy (non-hydrogen) atoms. The Morgan fingerprint density at radius 2 is 1.02 bits per heavy atom. The Hall–Kier alpha value is -3.26. The molecular weight excluding hydrogens is 617 g/mol. The number of aryl methyl sites for hydroxylation is 1. The van der Waals surface area contributed by atoms with Gasteiger partial charge in [0, 0.05) is 30.4 Å². The Kier molecular flexibility index (Phi) is 13.6. The molecule has 14 heteroatoms. The SMILES string of the molecule is CC(C)N(C(=O)c1ncc(S(=O)(=O)C(C)C)cc1N)C(C)C.Cc1nc(C(=O)N(C(C)C)C(C)C)c(N)cc1S(=O)(=O)C(C)C. The smallest absolute Gasteiger partial charge is 0.275 e. The summed E-state index contributed by atoms with van der Waals surface area (Å²) in [6, 6.07) is 2.63. The minimum Gasteiger partial charge on any atom is -0.397 e. The Morgan fingerprint density at radius 3 is 1.38 bits per heavy atom. The molecule has 0 spiro atoms. The fourth-order valence-electron chi connectivity index (χ4n) is 4.76. The molecule has 2 rings (SSSR count). The van der Waals surface area contributed by atoms with Gasteiger partial charge in [-0.15, -0.1) is 0 Å². The number of nitrogen functional groups attached to an aromatic ring is 2. The number of hydrogen-bond donors (Lipinski definition) is 2. The molecule has 0 unspecified atom stereocenters. The number of rotatable bonds is 10. The molecule has 0 bridgehead atoms. The van der Waals surface area contributed by atoms with Crippen molar-refractivity contribution >= 4 is 42.9 Å². The summed E-state index contributed by atoms with van der Waals surface area (Å²) in [7, 11) is -6.96. The van der Waals surface area contributed by atoms with Gasteiger partial charge in [-0.3, -0.25) is 9.59 Å². The first-order valence-electron chi connectivity index (χ1n) is 15.1. The van der Waals surface area contributed by atoms with E-state index in [2.05, 4.69) is 9.97 Å². The number of pyridine rings is 2. The Balaban J connectivity index is 0.000000450. The molecule has 4 N–H and O–H groups in total. The van der Waals surface area contributed by atoms with Gasteiger partial charge in [-0.25, -0.2) is 26.8 Å². The normalized spacial score (nSPS) is 12.2. The fraction of sp³-hybridized carbons (Fsp3) is 0.613. The summed E-state index contributed by atoms with van der Waals surface area (Å²) in [4.78, 5) is 37.0. The van der Waals surface area contributed by atoms with Crippen LogP contribution in [-0.2, 0) is 19.7 Å². The zero-order chi connectivity index (χ0) is 35.4. The maximum atomic E-state index is 12.7. The van der Waals surface area contributed by atoms with Gasteiger partial charge < -0.3 is 21.3 Å². The first kappa shape index (κ1) is 39.8. The summed E-state index contributed by atoms with van der Waals surface area (Å²) >= 11 is 0. The second-order valence-electron chi connectivity index (χ2n) is 12.6. The highest BCUT2D eigenvalue weighted by atomic mass is 32.2. The molecule has 2 aromatic heterocycles. The van der Waals surface area contributed by atoms with Gasteiger partial charge in [-0.1, -0.05) is 0 Å². The fourth-order valence-corrected chi connectivity index (χ4v) is 7.05. The third-order valence-corrected chi connectivity index (χ3v) is 11.5. The highest BCUT2D eigenvalue weighted by molar-refractivity contribution is 7.92. The predicted octanol–water partition coefficient (Wildman–Crippen LogP) is 4.52. The maximum absolute atomic E-state index is 12.7. The lowest BCUT2D eigenvalue weighted by atomic mass is 10.1. The Morgan fingerprint density at radius 1 is 0.644 bits per heavy atom. The molecule has 0 aliphatic heterocycles. The van der Waals surface area contributed by atoms with Crippen molar-refractivity contribution in [2.24, 2.45) is 0 Å². The van der Waals surface area contributed by atoms with Crippen LogP contribution in [0.25, 0.3) is 0 Å². The molecule has 0 atom stereocenters. The standard InChI is InChI=1S/C16H27N3O3S.C15H25N3O3S/c1-9(2)19(10(3)4)16(20)15-13(17)8-14(12(7)18-15)23(21,22)11(5)6;1-9(2)18(10(3)4)15(19)14-13(16)7-12(8-17-14)22(20,21)11(5)6/h8-11H,17H2,1-7H3;7-11H,16H2,1-6H3. The van der Waals surface area contributed by atoms with Gasteiger partial charge in [0.25, 0.3) is 11.8 Å². The van der Waals surface area contributed by atoms with Crippen LogP contribution in [0.2, 0.25) is 0 Å². The van der Waals surface area contributed by atoms with Crippen LogP contribution in [-0.4, -0.2) is 83.1 Å². The van der Waals surface area contributed by atoms with Crippen LogP contribution in [0.4, 0.5) is 11.4 Å². The molecule has 0 aromatic carbocycles. The molecule has 12 nitrogen and oxygen atoms in total. The van der Waals surface area contributed by atoms with Gasteiger partial charge in [-0.2, -0.15) is 0 Å². The van der Waals surface area contributed by atoms with Crippen LogP contribution in [0.5, 0.6) is 0 Å². The number of carbonyl (C=O) groups excluding carboxylic acids is 2.